The molecule has 2 N–H and O–H groups in total. The van der Waals surface area contributed by atoms with Crippen molar-refractivity contribution in [2.24, 2.45) is 0 Å². The van der Waals surface area contributed by atoms with Gasteiger partial charge in [-0.25, -0.2) is 4.39 Å². The molecular weight excluding hydrogens is 313 g/mol. The van der Waals surface area contributed by atoms with E-state index in [0.29, 0.717) is 15.7 Å². The molecule has 2 aromatic carbocycles. The molecule has 0 saturated heterocycles. The fourth-order valence-electron chi connectivity index (χ4n) is 1.61. The summed E-state index contributed by atoms with van der Waals surface area (Å²) < 4.78 is 14.2. The fourth-order valence-corrected chi connectivity index (χ4v) is 1.94. The van der Waals surface area contributed by atoms with Crippen LogP contribution in [-0.4, -0.2) is 11.0 Å². The topological polar surface area (TPSA) is 49.3 Å². The van der Waals surface area contributed by atoms with Gasteiger partial charge < -0.3 is 10.4 Å². The number of aryl methyl sites for hydroxylation is 1. The van der Waals surface area contributed by atoms with E-state index in [0.717, 1.165) is 0 Å². The van der Waals surface area contributed by atoms with Crippen LogP contribution in [0.2, 0.25) is 0 Å². The van der Waals surface area contributed by atoms with Gasteiger partial charge in [-0.1, -0.05) is 15.9 Å². The highest BCUT2D eigenvalue weighted by atomic mass is 79.9. The SMILES string of the molecule is Cc1cc(NC(=O)c2ccc(Br)cc2F)ccc1O. The summed E-state index contributed by atoms with van der Waals surface area (Å²) in [5.41, 5.74) is 1.10. The van der Waals surface area contributed by atoms with Gasteiger partial charge in [0, 0.05) is 10.2 Å². The van der Waals surface area contributed by atoms with Gasteiger partial charge in [0.1, 0.15) is 11.6 Å². The lowest BCUT2D eigenvalue weighted by Gasteiger charge is -2.08. The Morgan fingerprint density at radius 1 is 1.26 bits per heavy atom. The number of hydrogen-bond acceptors (Lipinski definition) is 2. The molecule has 0 aliphatic rings. The van der Waals surface area contributed by atoms with Gasteiger partial charge in [0.2, 0.25) is 0 Å². The first-order valence-corrected chi connectivity index (χ1v) is 6.32. The van der Waals surface area contributed by atoms with Crippen LogP contribution in [0.3, 0.4) is 0 Å². The molecule has 0 aliphatic heterocycles. The Balaban J connectivity index is 2.23. The molecule has 0 radical (unpaired) electrons. The average Bonchev–Trinajstić information content (AvgIpc) is 2.33. The maximum Gasteiger partial charge on any atom is 0.258 e. The molecule has 0 heterocycles. The first-order chi connectivity index (χ1) is 8.97. The van der Waals surface area contributed by atoms with E-state index in [1.54, 1.807) is 25.1 Å². The second-order valence-electron chi connectivity index (χ2n) is 4.08. The second-order valence-corrected chi connectivity index (χ2v) is 5.00. The van der Waals surface area contributed by atoms with Crippen LogP contribution in [0, 0.1) is 12.7 Å². The lowest BCUT2D eigenvalue weighted by atomic mass is 10.1. The molecule has 1 amide bonds. The predicted molar refractivity (Wildman–Crippen MR) is 74.9 cm³/mol. The molecule has 0 atom stereocenters. The van der Waals surface area contributed by atoms with E-state index in [4.69, 9.17) is 0 Å². The molecule has 0 aliphatic carbocycles. The normalized spacial score (nSPS) is 10.3. The van der Waals surface area contributed by atoms with Gasteiger partial charge in [0.15, 0.2) is 0 Å². The number of hydrogen-bond donors (Lipinski definition) is 2. The Morgan fingerprint density at radius 2 is 2.00 bits per heavy atom. The van der Waals surface area contributed by atoms with Gasteiger partial charge >= 0.3 is 0 Å². The van der Waals surface area contributed by atoms with E-state index in [9.17, 15) is 14.3 Å². The molecule has 0 unspecified atom stereocenters. The summed E-state index contributed by atoms with van der Waals surface area (Å²) in [4.78, 5) is 11.9. The van der Waals surface area contributed by atoms with Gasteiger partial charge in [-0.05, 0) is 48.9 Å². The highest BCUT2D eigenvalue weighted by Crippen LogP contribution is 2.21. The van der Waals surface area contributed by atoms with Crippen LogP contribution >= 0.6 is 15.9 Å². The van der Waals surface area contributed by atoms with Crippen molar-refractivity contribution in [3.05, 3.63) is 57.8 Å². The lowest BCUT2D eigenvalue weighted by Crippen LogP contribution is -2.13. The third-order valence-electron chi connectivity index (χ3n) is 2.63. The zero-order chi connectivity index (χ0) is 14.0. The van der Waals surface area contributed by atoms with Crippen molar-refractivity contribution in [1.82, 2.24) is 0 Å². The van der Waals surface area contributed by atoms with Gasteiger partial charge in [-0.2, -0.15) is 0 Å². The molecular formula is C14H11BrFNO2. The highest BCUT2D eigenvalue weighted by molar-refractivity contribution is 9.10. The first-order valence-electron chi connectivity index (χ1n) is 5.53. The highest BCUT2D eigenvalue weighted by Gasteiger charge is 2.12. The Kier molecular flexibility index (Phi) is 3.85. The smallest absolute Gasteiger partial charge is 0.258 e. The summed E-state index contributed by atoms with van der Waals surface area (Å²) in [5.74, 6) is -0.981. The number of rotatable bonds is 2. The van der Waals surface area contributed by atoms with E-state index in [1.165, 1.54) is 18.2 Å². The van der Waals surface area contributed by atoms with Crippen molar-refractivity contribution in [3.8, 4) is 5.75 Å². The number of aromatic hydroxyl groups is 1. The molecule has 0 spiro atoms. The Morgan fingerprint density at radius 3 is 2.63 bits per heavy atom. The molecule has 5 heteroatoms. The van der Waals surface area contributed by atoms with Crippen molar-refractivity contribution in [1.29, 1.82) is 0 Å². The minimum atomic E-state index is -0.595. The quantitative estimate of drug-likeness (QED) is 0.824. The molecule has 0 fully saturated rings. The summed E-state index contributed by atoms with van der Waals surface area (Å²) in [6, 6.07) is 8.88. The van der Waals surface area contributed by atoms with E-state index in [2.05, 4.69) is 21.2 Å². The lowest BCUT2D eigenvalue weighted by molar-refractivity contribution is 0.102. The zero-order valence-corrected chi connectivity index (χ0v) is 11.7. The van der Waals surface area contributed by atoms with Crippen LogP contribution in [0.5, 0.6) is 5.75 Å². The Bertz CT molecular complexity index is 643. The molecule has 0 bridgehead atoms. The maximum atomic E-state index is 13.6. The number of carbonyl (C=O) groups is 1. The van der Waals surface area contributed by atoms with Gasteiger partial charge in [-0.3, -0.25) is 4.79 Å². The van der Waals surface area contributed by atoms with Crippen molar-refractivity contribution in [3.63, 3.8) is 0 Å². The van der Waals surface area contributed by atoms with E-state index >= 15 is 0 Å². The first kappa shape index (κ1) is 13.5. The van der Waals surface area contributed by atoms with Crippen molar-refractivity contribution < 1.29 is 14.3 Å². The third-order valence-corrected chi connectivity index (χ3v) is 3.12. The number of anilines is 1. The number of phenolic OH excluding ortho intramolecular Hbond substituents is 1. The van der Waals surface area contributed by atoms with E-state index < -0.39 is 11.7 Å². The van der Waals surface area contributed by atoms with Gasteiger partial charge in [0.25, 0.3) is 5.91 Å². The number of carbonyl (C=O) groups excluding carboxylic acids is 1. The molecule has 98 valence electrons. The number of phenols is 1. The van der Waals surface area contributed by atoms with Gasteiger partial charge in [0.05, 0.1) is 5.56 Å². The molecule has 2 aromatic rings. The summed E-state index contributed by atoms with van der Waals surface area (Å²) in [6.07, 6.45) is 0. The number of halogens is 2. The van der Waals surface area contributed by atoms with Crippen LogP contribution in [0.15, 0.2) is 40.9 Å². The van der Waals surface area contributed by atoms with E-state index in [-0.39, 0.29) is 11.3 Å². The molecule has 3 nitrogen and oxygen atoms in total. The summed E-state index contributed by atoms with van der Waals surface area (Å²) in [7, 11) is 0. The molecule has 0 aromatic heterocycles. The van der Waals surface area contributed by atoms with Crippen LogP contribution in [0.4, 0.5) is 10.1 Å². The Hall–Kier alpha value is -1.88. The average molecular weight is 324 g/mol. The fraction of sp³-hybridized carbons (Fsp3) is 0.0714. The van der Waals surface area contributed by atoms with Crippen molar-refractivity contribution >= 4 is 27.5 Å². The van der Waals surface area contributed by atoms with Crippen LogP contribution in [0.25, 0.3) is 0 Å². The largest absolute Gasteiger partial charge is 0.508 e. The molecule has 19 heavy (non-hydrogen) atoms. The van der Waals surface area contributed by atoms with Crippen LogP contribution in [-0.2, 0) is 0 Å². The van der Waals surface area contributed by atoms with E-state index in [1.807, 2.05) is 0 Å². The third kappa shape index (κ3) is 3.12. The number of nitrogens with one attached hydrogen (secondary N) is 1. The minimum Gasteiger partial charge on any atom is -0.508 e. The molecule has 0 saturated carbocycles. The van der Waals surface area contributed by atoms with Crippen molar-refractivity contribution in [2.75, 3.05) is 5.32 Å². The molecule has 2 rings (SSSR count). The minimum absolute atomic E-state index is 0.0334. The summed E-state index contributed by atoms with van der Waals surface area (Å²) in [6.45, 7) is 1.71. The van der Waals surface area contributed by atoms with Crippen LogP contribution in [0.1, 0.15) is 15.9 Å². The zero-order valence-electron chi connectivity index (χ0n) is 10.1. The maximum absolute atomic E-state index is 13.6. The second kappa shape index (κ2) is 5.40. The van der Waals surface area contributed by atoms with Crippen LogP contribution < -0.4 is 5.32 Å². The number of amides is 1. The summed E-state index contributed by atoms with van der Waals surface area (Å²) in [5, 5.41) is 12.0. The predicted octanol–water partition coefficient (Wildman–Crippen LogP) is 3.85. The Labute approximate surface area is 118 Å². The van der Waals surface area contributed by atoms with Crippen molar-refractivity contribution in [2.45, 2.75) is 6.92 Å². The standard InChI is InChI=1S/C14H11BrFNO2/c1-8-6-10(3-5-13(8)18)17-14(19)11-4-2-9(15)7-12(11)16/h2-7,18H,1H3,(H,17,19). The monoisotopic (exact) mass is 323 g/mol. The summed E-state index contributed by atoms with van der Waals surface area (Å²) >= 11 is 3.13. The van der Waals surface area contributed by atoms with Gasteiger partial charge in [-0.15, -0.1) is 0 Å². The number of benzene rings is 2.